The van der Waals surface area contributed by atoms with Crippen molar-refractivity contribution in [2.75, 3.05) is 7.11 Å². The molecular weight excluding hydrogens is 504 g/mol. The van der Waals surface area contributed by atoms with E-state index < -0.39 is 52.3 Å². The van der Waals surface area contributed by atoms with Crippen LogP contribution >= 0.6 is 0 Å². The number of carbonyl (C=O) groups excluding carboxylic acids is 3. The monoisotopic (exact) mass is 530 g/mol. The van der Waals surface area contributed by atoms with E-state index in [2.05, 4.69) is 5.18 Å². The Morgan fingerprint density at radius 3 is 2.62 bits per heavy atom. The third kappa shape index (κ3) is 4.18. The molecule has 200 valence electrons. The molecule has 3 atom stereocenters. The van der Waals surface area contributed by atoms with Crippen molar-refractivity contribution in [3.8, 4) is 11.5 Å². The Hall–Kier alpha value is -4.73. The van der Waals surface area contributed by atoms with E-state index in [0.29, 0.717) is 41.7 Å². The average molecular weight is 531 g/mol. The Kier molecular flexibility index (Phi) is 6.55. The molecule has 0 heterocycles. The highest BCUT2D eigenvalue weighted by Crippen LogP contribution is 2.50. The van der Waals surface area contributed by atoms with Crippen LogP contribution in [0.2, 0.25) is 0 Å². The fourth-order valence-corrected chi connectivity index (χ4v) is 6.11. The molecule has 0 spiro atoms. The Morgan fingerprint density at radius 2 is 1.92 bits per heavy atom. The first-order valence-corrected chi connectivity index (χ1v) is 12.4. The number of benzene rings is 2. The fourth-order valence-electron chi connectivity index (χ4n) is 6.11. The summed E-state index contributed by atoms with van der Waals surface area (Å²) >= 11 is 0. The van der Waals surface area contributed by atoms with Gasteiger partial charge in [0.05, 0.1) is 18.6 Å². The van der Waals surface area contributed by atoms with Crippen LogP contribution in [0.5, 0.6) is 11.5 Å². The normalized spacial score (nSPS) is 22.4. The van der Waals surface area contributed by atoms with Gasteiger partial charge in [-0.2, -0.15) is 0 Å². The number of aromatic hydroxyl groups is 1. The molecule has 39 heavy (non-hydrogen) atoms. The van der Waals surface area contributed by atoms with Gasteiger partial charge in [-0.25, -0.2) is 0 Å². The lowest BCUT2D eigenvalue weighted by Crippen LogP contribution is -2.43. The van der Waals surface area contributed by atoms with E-state index in [4.69, 9.17) is 10.5 Å². The molecule has 1 unspecified atom stereocenters. The van der Waals surface area contributed by atoms with E-state index >= 15 is 0 Å². The highest BCUT2D eigenvalue weighted by Gasteiger charge is 2.50. The number of ketones is 2. The van der Waals surface area contributed by atoms with Gasteiger partial charge in [-0.15, -0.1) is 4.91 Å². The van der Waals surface area contributed by atoms with Crippen LogP contribution in [0.3, 0.4) is 0 Å². The number of para-hydroxylation sites is 1. The van der Waals surface area contributed by atoms with Crippen molar-refractivity contribution in [2.24, 2.45) is 28.7 Å². The zero-order chi connectivity index (χ0) is 28.0. The maximum atomic E-state index is 13.7. The molecule has 0 bridgehead atoms. The molecule has 3 aliphatic carbocycles. The summed E-state index contributed by atoms with van der Waals surface area (Å²) in [4.78, 5) is 50.1. The molecule has 3 aliphatic rings. The van der Waals surface area contributed by atoms with Crippen LogP contribution in [0, 0.1) is 22.7 Å². The number of aliphatic hydroxyl groups is 2. The van der Waals surface area contributed by atoms with Gasteiger partial charge in [-0.1, -0.05) is 30.4 Å². The molecular formula is C29H26N2O8. The summed E-state index contributed by atoms with van der Waals surface area (Å²) in [6.45, 7) is 0. The van der Waals surface area contributed by atoms with Crippen molar-refractivity contribution in [3.05, 3.63) is 86.2 Å². The van der Waals surface area contributed by atoms with Crippen LogP contribution in [-0.2, 0) is 22.4 Å². The summed E-state index contributed by atoms with van der Waals surface area (Å²) in [6, 6.07) is 8.28. The molecule has 2 aromatic carbocycles. The molecule has 0 aliphatic heterocycles. The minimum atomic E-state index is -1.17. The van der Waals surface area contributed by atoms with Crippen LogP contribution in [-0.4, -0.2) is 39.9 Å². The lowest BCUT2D eigenvalue weighted by Gasteiger charge is -2.41. The molecule has 5 rings (SSSR count). The lowest BCUT2D eigenvalue weighted by atomic mass is 9.62. The number of allylic oxidation sites excluding steroid dienone is 4. The average Bonchev–Trinajstić information content (AvgIpc) is 2.89. The number of primary amides is 1. The number of hydrogen-bond acceptors (Lipinski definition) is 9. The van der Waals surface area contributed by atoms with E-state index in [1.165, 1.54) is 13.2 Å². The number of amides is 1. The molecule has 10 heteroatoms. The number of phenolic OH excluding ortho intramolecular Hbond substituents is 1. The summed E-state index contributed by atoms with van der Waals surface area (Å²) in [7, 11) is 1.46. The highest BCUT2D eigenvalue weighted by atomic mass is 16.5. The number of nitrogens with zero attached hydrogens (tertiary/aromatic N) is 1. The molecule has 0 aromatic heterocycles. The predicted octanol–water partition coefficient (Wildman–Crippen LogP) is 4.13. The standard InChI is InChI=1S/C29H26N2O8/c1-39-20-7-3-6-14(25(20)33)5-2-4-13-8-9-18(31-38)23-17(13)11-15-10-16-12-19(32)24(29(30)37)28(36)22(16)26(34)21(15)27(23)35/h2-4,6-9,15-16,22,32-34H,5,10-12H2,1H3,(H2,30,37)/b4-2-/t15-,16+,22?/m1/s1. The van der Waals surface area contributed by atoms with Crippen LogP contribution in [0.15, 0.2) is 64.2 Å². The molecule has 2 aromatic rings. The number of nitroso groups, excluding NO2 is 1. The van der Waals surface area contributed by atoms with Crippen molar-refractivity contribution in [1.29, 1.82) is 0 Å². The number of hydrogen-bond donors (Lipinski definition) is 4. The van der Waals surface area contributed by atoms with Gasteiger partial charge >= 0.3 is 0 Å². The summed E-state index contributed by atoms with van der Waals surface area (Å²) in [6.07, 6.45) is 4.54. The van der Waals surface area contributed by atoms with Gasteiger partial charge in [-0.3, -0.25) is 14.4 Å². The zero-order valence-electron chi connectivity index (χ0n) is 21.0. The molecule has 0 saturated carbocycles. The summed E-state index contributed by atoms with van der Waals surface area (Å²) < 4.78 is 5.15. The van der Waals surface area contributed by atoms with Crippen LogP contribution in [0.1, 0.15) is 39.9 Å². The van der Waals surface area contributed by atoms with Gasteiger partial charge in [0.1, 0.15) is 22.8 Å². The van der Waals surface area contributed by atoms with Crippen LogP contribution < -0.4 is 10.5 Å². The highest BCUT2D eigenvalue weighted by molar-refractivity contribution is 6.22. The number of carbonyl (C=O) groups is 3. The summed E-state index contributed by atoms with van der Waals surface area (Å²) in [5.74, 6) is -5.16. The Balaban J connectivity index is 1.53. The quantitative estimate of drug-likeness (QED) is 0.318. The van der Waals surface area contributed by atoms with E-state index in [0.717, 1.165) is 0 Å². The number of fused-ring (bicyclic) bond motifs is 3. The maximum absolute atomic E-state index is 13.7. The van der Waals surface area contributed by atoms with Gasteiger partial charge in [0.2, 0.25) is 0 Å². The molecule has 1 amide bonds. The topological polar surface area (TPSA) is 177 Å². The minimum absolute atomic E-state index is 0.0228. The van der Waals surface area contributed by atoms with Crippen molar-refractivity contribution < 1.29 is 34.4 Å². The number of rotatable bonds is 6. The van der Waals surface area contributed by atoms with Crippen molar-refractivity contribution in [2.45, 2.75) is 25.7 Å². The van der Waals surface area contributed by atoms with Crippen molar-refractivity contribution in [1.82, 2.24) is 0 Å². The zero-order valence-corrected chi connectivity index (χ0v) is 21.0. The smallest absolute Gasteiger partial charge is 0.255 e. The van der Waals surface area contributed by atoms with E-state index in [1.807, 2.05) is 6.08 Å². The second-order valence-electron chi connectivity index (χ2n) is 9.95. The SMILES string of the molecule is COc1cccc(C/C=C\c2ccc(N=O)c3c2C[C@H]2C[C@H]4CC(O)=C(C(N)=O)C(=O)C4C(O)=C2C3=O)c1O. The number of aliphatic hydroxyl groups excluding tert-OH is 2. The Morgan fingerprint density at radius 1 is 1.15 bits per heavy atom. The Bertz CT molecular complexity index is 1530. The first kappa shape index (κ1) is 25.9. The van der Waals surface area contributed by atoms with Gasteiger partial charge in [0.25, 0.3) is 5.91 Å². The van der Waals surface area contributed by atoms with E-state index in [9.17, 15) is 34.6 Å². The molecule has 10 nitrogen and oxygen atoms in total. The van der Waals surface area contributed by atoms with Gasteiger partial charge in [0, 0.05) is 17.6 Å². The third-order valence-electron chi connectivity index (χ3n) is 7.84. The van der Waals surface area contributed by atoms with Gasteiger partial charge < -0.3 is 25.8 Å². The summed E-state index contributed by atoms with van der Waals surface area (Å²) in [5.41, 5.74) is 6.62. The minimum Gasteiger partial charge on any atom is -0.511 e. The largest absolute Gasteiger partial charge is 0.511 e. The van der Waals surface area contributed by atoms with Crippen LogP contribution in [0.4, 0.5) is 5.69 Å². The summed E-state index contributed by atoms with van der Waals surface area (Å²) in [5, 5.41) is 34.8. The third-order valence-corrected chi connectivity index (χ3v) is 7.84. The Labute approximate surface area is 223 Å². The number of Topliss-reactive ketones (excluding diaryl/α,β-unsaturated/α-hetero) is 2. The molecule has 0 saturated heterocycles. The number of phenols is 1. The lowest BCUT2D eigenvalue weighted by molar-refractivity contribution is -0.126. The molecule has 0 fully saturated rings. The number of methoxy groups -OCH3 is 1. The van der Waals surface area contributed by atoms with Crippen molar-refractivity contribution >= 4 is 29.2 Å². The van der Waals surface area contributed by atoms with E-state index in [1.54, 1.807) is 30.3 Å². The first-order chi connectivity index (χ1) is 18.7. The van der Waals surface area contributed by atoms with Gasteiger partial charge in [-0.05, 0) is 59.5 Å². The van der Waals surface area contributed by atoms with Gasteiger partial charge in [0.15, 0.2) is 23.1 Å². The number of nitrogens with two attached hydrogens (primary N) is 1. The predicted molar refractivity (Wildman–Crippen MR) is 141 cm³/mol. The molecule has 0 radical (unpaired) electrons. The number of ether oxygens (including phenoxy) is 1. The first-order valence-electron chi connectivity index (χ1n) is 12.4. The fraction of sp³-hybridized carbons (Fsp3) is 0.276. The second-order valence-corrected chi connectivity index (χ2v) is 9.95. The molecule has 5 N–H and O–H groups in total. The maximum Gasteiger partial charge on any atom is 0.255 e. The second kappa shape index (κ2) is 9.86. The van der Waals surface area contributed by atoms with Crippen LogP contribution in [0.25, 0.3) is 6.08 Å². The van der Waals surface area contributed by atoms with Crippen molar-refractivity contribution in [3.63, 3.8) is 0 Å². The van der Waals surface area contributed by atoms with E-state index in [-0.39, 0.29) is 29.0 Å².